The Labute approximate surface area is 78.9 Å². The SMILES string of the molecule is [Li][Au]([CH2]CCC)[CH2]CCC. The molecule has 0 spiro atoms. The second-order valence-corrected chi connectivity index (χ2v) is 8.90. The van der Waals surface area contributed by atoms with E-state index >= 15 is 0 Å². The molecule has 0 nitrogen and oxygen atoms in total. The molecule has 0 N–H and O–H groups in total. The van der Waals surface area contributed by atoms with E-state index in [2.05, 4.69) is 28.5 Å². The summed E-state index contributed by atoms with van der Waals surface area (Å²) in [4.78, 5) is 0. The number of rotatable bonds is 6. The van der Waals surface area contributed by atoms with Crippen molar-refractivity contribution in [3.05, 3.63) is 0 Å². The Morgan fingerprint density at radius 1 is 1.00 bits per heavy atom. The Kier molecular flexibility index (Phi) is 9.56. The Morgan fingerprint density at radius 3 is 1.70 bits per heavy atom. The minimum atomic E-state index is -0.318. The zero-order valence-corrected chi connectivity index (χ0v) is 9.71. The van der Waals surface area contributed by atoms with Gasteiger partial charge in [-0.15, -0.1) is 0 Å². The molecule has 0 aromatic heterocycles. The second-order valence-electron chi connectivity index (χ2n) is 2.59. The van der Waals surface area contributed by atoms with Crippen molar-refractivity contribution in [2.45, 2.75) is 48.8 Å². The van der Waals surface area contributed by atoms with Crippen LogP contribution in [0.3, 0.4) is 0 Å². The summed E-state index contributed by atoms with van der Waals surface area (Å²) in [6, 6.07) is 0. The minimum absolute atomic E-state index is 0.318. The third-order valence-electron chi connectivity index (χ3n) is 1.44. The molecule has 0 aromatic rings. The van der Waals surface area contributed by atoms with Crippen LogP contribution in [0.4, 0.5) is 0 Å². The normalized spacial score (nSPS) is 11.8. The van der Waals surface area contributed by atoms with E-state index in [0.29, 0.717) is 0 Å². The molecule has 2 heteroatoms. The van der Waals surface area contributed by atoms with Crippen molar-refractivity contribution in [1.29, 1.82) is 0 Å². The van der Waals surface area contributed by atoms with Crippen LogP contribution in [0.5, 0.6) is 0 Å². The van der Waals surface area contributed by atoms with E-state index in [1.54, 1.807) is 9.28 Å². The van der Waals surface area contributed by atoms with Gasteiger partial charge in [-0.05, 0) is 0 Å². The van der Waals surface area contributed by atoms with Crippen molar-refractivity contribution in [1.82, 2.24) is 0 Å². The van der Waals surface area contributed by atoms with E-state index < -0.39 is 0 Å². The first-order valence-electron chi connectivity index (χ1n) is 4.14. The summed E-state index contributed by atoms with van der Waals surface area (Å²) in [6.07, 6.45) is 5.76. The third-order valence-corrected chi connectivity index (χ3v) is 6.67. The van der Waals surface area contributed by atoms with Gasteiger partial charge in [0.25, 0.3) is 0 Å². The predicted molar refractivity (Wildman–Crippen MR) is 45.2 cm³/mol. The first-order valence-corrected chi connectivity index (χ1v) is 9.37. The van der Waals surface area contributed by atoms with Gasteiger partial charge in [0, 0.05) is 0 Å². The van der Waals surface area contributed by atoms with Crippen LogP contribution in [-0.4, -0.2) is 14.6 Å². The summed E-state index contributed by atoms with van der Waals surface area (Å²) in [5.74, 6) is 0. The zero-order valence-electron chi connectivity index (χ0n) is 7.54. The second kappa shape index (κ2) is 8.43. The number of hydrogen-bond acceptors (Lipinski definition) is 0. The summed E-state index contributed by atoms with van der Waals surface area (Å²) in [7, 11) is 0. The van der Waals surface area contributed by atoms with Gasteiger partial charge in [-0.2, -0.15) is 0 Å². The van der Waals surface area contributed by atoms with Crippen molar-refractivity contribution >= 4 is 14.6 Å². The van der Waals surface area contributed by atoms with Crippen LogP contribution < -0.4 is 0 Å². The van der Waals surface area contributed by atoms with Crippen LogP contribution in [0, 0.1) is 0 Å². The molecule has 0 aliphatic carbocycles. The molecular weight excluding hydrogens is 300 g/mol. The molecular formula is C8H18AuLi. The molecule has 0 radical (unpaired) electrons. The van der Waals surface area contributed by atoms with Gasteiger partial charge < -0.3 is 0 Å². The first kappa shape index (κ1) is 11.3. The van der Waals surface area contributed by atoms with Gasteiger partial charge >= 0.3 is 79.3 Å². The van der Waals surface area contributed by atoms with E-state index in [-0.39, 0.29) is 15.9 Å². The van der Waals surface area contributed by atoms with E-state index in [4.69, 9.17) is 0 Å². The van der Waals surface area contributed by atoms with E-state index in [9.17, 15) is 0 Å². The van der Waals surface area contributed by atoms with Gasteiger partial charge in [0.05, 0.1) is 0 Å². The molecule has 0 heterocycles. The van der Waals surface area contributed by atoms with Crippen LogP contribution in [0.1, 0.15) is 39.5 Å². The van der Waals surface area contributed by atoms with Gasteiger partial charge in [-0.25, -0.2) is 0 Å². The molecule has 0 saturated heterocycles. The molecule has 0 rings (SSSR count). The first-order chi connectivity index (χ1) is 4.81. The summed E-state index contributed by atoms with van der Waals surface area (Å²) < 4.78 is 3.18. The fraction of sp³-hybridized carbons (Fsp3) is 1.00. The number of hydrogen-bond donors (Lipinski definition) is 0. The fourth-order valence-electron chi connectivity index (χ4n) is 0.653. The molecule has 0 bridgehead atoms. The Balaban J connectivity index is 3.00. The number of unbranched alkanes of at least 4 members (excludes halogenated alkanes) is 2. The molecule has 0 saturated carbocycles. The van der Waals surface area contributed by atoms with Crippen LogP contribution in [0.25, 0.3) is 0 Å². The van der Waals surface area contributed by atoms with E-state index in [0.717, 1.165) is 0 Å². The molecule has 0 aromatic carbocycles. The van der Waals surface area contributed by atoms with Gasteiger partial charge in [0.1, 0.15) is 0 Å². The zero-order chi connectivity index (χ0) is 7.82. The Morgan fingerprint density at radius 2 is 1.40 bits per heavy atom. The molecule has 10 heavy (non-hydrogen) atoms. The van der Waals surface area contributed by atoms with E-state index in [1.807, 2.05) is 0 Å². The van der Waals surface area contributed by atoms with Crippen molar-refractivity contribution in [2.24, 2.45) is 0 Å². The monoisotopic (exact) mass is 318 g/mol. The van der Waals surface area contributed by atoms with Crippen LogP contribution >= 0.6 is 0 Å². The van der Waals surface area contributed by atoms with Gasteiger partial charge in [-0.3, -0.25) is 0 Å². The van der Waals surface area contributed by atoms with Crippen molar-refractivity contribution in [3.63, 3.8) is 0 Å². The maximum absolute atomic E-state index is 2.53. The summed E-state index contributed by atoms with van der Waals surface area (Å²) in [5.41, 5.74) is 0. The molecule has 0 aliphatic heterocycles. The predicted octanol–water partition coefficient (Wildman–Crippen LogP) is 3.12. The van der Waals surface area contributed by atoms with Gasteiger partial charge in [-0.1, -0.05) is 0 Å². The summed E-state index contributed by atoms with van der Waals surface area (Å²) in [6.45, 7) is 4.59. The molecule has 0 fully saturated rings. The Bertz CT molecular complexity index is 58.3. The standard InChI is InChI=1S/2C4H9.Au.Li/c2*1-3-4-2;;/h2*1,3-4H2,2H3;;. The molecule has 0 amide bonds. The average Bonchev–Trinajstić information content (AvgIpc) is 1.97. The van der Waals surface area contributed by atoms with Crippen molar-refractivity contribution in [2.75, 3.05) is 0 Å². The van der Waals surface area contributed by atoms with E-state index in [1.165, 1.54) is 25.7 Å². The molecule has 0 aliphatic rings. The molecule has 0 unspecified atom stereocenters. The maximum atomic E-state index is 2.53. The van der Waals surface area contributed by atoms with Crippen molar-refractivity contribution < 1.29 is 15.9 Å². The van der Waals surface area contributed by atoms with Crippen LogP contribution in [0.2, 0.25) is 9.28 Å². The average molecular weight is 318 g/mol. The van der Waals surface area contributed by atoms with Gasteiger partial charge in [0.15, 0.2) is 0 Å². The Hall–Kier alpha value is 1.34. The quantitative estimate of drug-likeness (QED) is 0.660. The fourth-order valence-corrected chi connectivity index (χ4v) is 5.34. The molecule has 62 valence electrons. The van der Waals surface area contributed by atoms with Crippen LogP contribution in [0.15, 0.2) is 0 Å². The summed E-state index contributed by atoms with van der Waals surface area (Å²) >= 11 is 2.21. The molecule has 0 atom stereocenters. The van der Waals surface area contributed by atoms with Crippen LogP contribution in [-0.2, 0) is 15.9 Å². The summed E-state index contributed by atoms with van der Waals surface area (Å²) in [5, 5.41) is 0. The topological polar surface area (TPSA) is 0 Å². The third kappa shape index (κ3) is 7.44. The van der Waals surface area contributed by atoms with Gasteiger partial charge in [0.2, 0.25) is 0 Å². The van der Waals surface area contributed by atoms with Crippen molar-refractivity contribution in [3.8, 4) is 0 Å².